The van der Waals surface area contributed by atoms with Crippen LogP contribution in [0.15, 0.2) is 53.0 Å². The van der Waals surface area contributed by atoms with Crippen LogP contribution in [0.5, 0.6) is 0 Å². The van der Waals surface area contributed by atoms with Crippen LogP contribution in [-0.4, -0.2) is 11.0 Å². The topological polar surface area (TPSA) is 58.6 Å². The Hall–Kier alpha value is -2.43. The Morgan fingerprint density at radius 1 is 1.06 bits per heavy atom. The lowest BCUT2D eigenvalue weighted by atomic mass is 10.1. The van der Waals surface area contributed by atoms with E-state index in [0.717, 1.165) is 11.3 Å². The zero-order valence-corrected chi connectivity index (χ0v) is 8.24. The first-order valence-electron chi connectivity index (χ1n) is 4.78. The highest BCUT2D eigenvalue weighted by molar-refractivity contribution is 5.70. The van der Waals surface area contributed by atoms with Crippen LogP contribution < -0.4 is 4.57 Å². The third-order valence-corrected chi connectivity index (χ3v) is 2.34. The predicted octanol–water partition coefficient (Wildman–Crippen LogP) is 2.10. The lowest BCUT2D eigenvalue weighted by Crippen LogP contribution is -2.37. The quantitative estimate of drug-likeness (QED) is 0.678. The van der Waals surface area contributed by atoms with Gasteiger partial charge in [-0.3, -0.25) is 0 Å². The Morgan fingerprint density at radius 3 is 2.69 bits per heavy atom. The van der Waals surface area contributed by atoms with Crippen molar-refractivity contribution < 1.29 is 9.36 Å². The highest BCUT2D eigenvalue weighted by Crippen LogP contribution is 2.20. The summed E-state index contributed by atoms with van der Waals surface area (Å²) in [5.74, 6) is 0.513. The molecule has 0 bridgehead atoms. The molecule has 0 saturated heterocycles. The lowest BCUT2D eigenvalue weighted by molar-refractivity contribution is -0.553. The summed E-state index contributed by atoms with van der Waals surface area (Å²) in [5, 5.41) is 7.21. The van der Waals surface area contributed by atoms with E-state index in [0.29, 0.717) is 5.82 Å². The first-order chi connectivity index (χ1) is 7.84. The summed E-state index contributed by atoms with van der Waals surface area (Å²) in [6.07, 6.45) is 1.44. The molecule has 0 fully saturated rings. The van der Waals surface area contributed by atoms with E-state index in [-0.39, 0.29) is 0 Å². The molecule has 5 nitrogen and oxygen atoms in total. The smallest absolute Gasteiger partial charge is 0.213 e. The van der Waals surface area contributed by atoms with Crippen molar-refractivity contribution in [3.05, 3.63) is 42.7 Å². The molecule has 5 heteroatoms. The van der Waals surface area contributed by atoms with E-state index in [1.807, 2.05) is 30.3 Å². The molecule has 0 atom stereocenters. The molecule has 0 unspecified atom stereocenters. The van der Waals surface area contributed by atoms with Gasteiger partial charge in [-0.2, -0.15) is 4.57 Å². The van der Waals surface area contributed by atoms with Gasteiger partial charge in [0.2, 0.25) is 6.33 Å². The van der Waals surface area contributed by atoms with Gasteiger partial charge in [0.1, 0.15) is 5.69 Å². The first-order valence-corrected chi connectivity index (χ1v) is 4.78. The minimum absolute atomic E-state index is 0.401. The van der Waals surface area contributed by atoms with Crippen molar-refractivity contribution in [1.29, 1.82) is 0 Å². The van der Waals surface area contributed by atoms with Crippen molar-refractivity contribution in [3.63, 3.8) is 0 Å². The fraction of sp³-hybridized carbons (Fsp3) is 0. The summed E-state index contributed by atoms with van der Waals surface area (Å²) in [7, 11) is 0. The number of hydrogen-bond acceptors (Lipinski definition) is 3. The van der Waals surface area contributed by atoms with E-state index in [2.05, 4.69) is 15.2 Å². The molecule has 2 heterocycles. The summed E-state index contributed by atoms with van der Waals surface area (Å²) in [6, 6.07) is 11.1. The van der Waals surface area contributed by atoms with Crippen molar-refractivity contribution >= 4 is 11.8 Å². The van der Waals surface area contributed by atoms with E-state index in [1.165, 1.54) is 10.9 Å². The third-order valence-electron chi connectivity index (χ3n) is 2.34. The van der Waals surface area contributed by atoms with Crippen molar-refractivity contribution in [1.82, 2.24) is 4.98 Å². The van der Waals surface area contributed by atoms with Gasteiger partial charge in [-0.05, 0) is 0 Å². The summed E-state index contributed by atoms with van der Waals surface area (Å²) in [5.41, 5.74) is 1.76. The number of nitrogens with zero attached hydrogens (tertiary/aromatic N) is 4. The maximum absolute atomic E-state index is 11.2. The number of rotatable bonds is 1. The molecule has 0 aliphatic carbocycles. The van der Waals surface area contributed by atoms with Crippen LogP contribution in [0.4, 0.5) is 10.6 Å². The van der Waals surface area contributed by atoms with E-state index in [4.69, 9.17) is 0 Å². The molecule has 1 aromatic carbocycles. The van der Waals surface area contributed by atoms with E-state index >= 15 is 0 Å². The number of benzene rings is 1. The second-order valence-electron chi connectivity index (χ2n) is 3.35. The van der Waals surface area contributed by atoms with Gasteiger partial charge in [-0.1, -0.05) is 30.3 Å². The van der Waals surface area contributed by atoms with Gasteiger partial charge in [-0.25, -0.2) is 4.79 Å². The average molecular weight is 211 g/mol. The predicted molar refractivity (Wildman–Crippen MR) is 55.2 cm³/mol. The molecular weight excluding hydrogens is 204 g/mol. The number of fused-ring (bicyclic) bond motifs is 1. The zero-order chi connectivity index (χ0) is 11.0. The maximum atomic E-state index is 11.2. The molecule has 0 N–H and O–H groups in total. The summed E-state index contributed by atoms with van der Waals surface area (Å²) in [4.78, 5) is 15.4. The van der Waals surface area contributed by atoms with Crippen LogP contribution in [0, 0.1) is 0 Å². The zero-order valence-electron chi connectivity index (χ0n) is 8.24. The van der Waals surface area contributed by atoms with Gasteiger partial charge in [0.15, 0.2) is 0 Å². The van der Waals surface area contributed by atoms with Crippen molar-refractivity contribution in [2.45, 2.75) is 0 Å². The monoisotopic (exact) mass is 211 g/mol. The second-order valence-corrected chi connectivity index (χ2v) is 3.35. The Labute approximate surface area is 91.1 Å². The summed E-state index contributed by atoms with van der Waals surface area (Å²) >= 11 is 0. The molecule has 0 radical (unpaired) electrons. The Bertz CT molecular complexity index is 592. The minimum atomic E-state index is -0.401. The SMILES string of the molecule is O=C1N=Nc2cc(-c3ccccc3)nc[n+]21. The molecule has 0 saturated carbocycles. The second kappa shape index (κ2) is 3.30. The van der Waals surface area contributed by atoms with Gasteiger partial charge < -0.3 is 0 Å². The van der Waals surface area contributed by atoms with Gasteiger partial charge in [0.25, 0.3) is 5.82 Å². The van der Waals surface area contributed by atoms with Gasteiger partial charge >= 0.3 is 6.03 Å². The highest BCUT2D eigenvalue weighted by atomic mass is 16.2. The van der Waals surface area contributed by atoms with Gasteiger partial charge in [0, 0.05) is 16.7 Å². The molecule has 1 aliphatic rings. The normalized spacial score (nSPS) is 12.9. The summed E-state index contributed by atoms with van der Waals surface area (Å²) in [6.45, 7) is 0. The summed E-state index contributed by atoms with van der Waals surface area (Å²) < 4.78 is 1.31. The van der Waals surface area contributed by atoms with Crippen LogP contribution in [0.1, 0.15) is 0 Å². The number of carbonyl (C=O) groups is 1. The molecule has 3 rings (SSSR count). The lowest BCUT2D eigenvalue weighted by Gasteiger charge is -1.97. The van der Waals surface area contributed by atoms with Crippen LogP contribution >= 0.6 is 0 Å². The fourth-order valence-electron chi connectivity index (χ4n) is 1.54. The van der Waals surface area contributed by atoms with E-state index < -0.39 is 6.03 Å². The molecular formula is C11H7N4O+. The molecule has 2 aromatic rings. The van der Waals surface area contributed by atoms with Crippen LogP contribution in [0.25, 0.3) is 11.3 Å². The molecule has 1 aromatic heterocycles. The first kappa shape index (κ1) is 8.84. The Kier molecular flexibility index (Phi) is 1.83. The van der Waals surface area contributed by atoms with Crippen molar-refractivity contribution in [3.8, 4) is 11.3 Å². The molecule has 1 amide bonds. The van der Waals surface area contributed by atoms with E-state index in [1.54, 1.807) is 6.07 Å². The molecule has 76 valence electrons. The minimum Gasteiger partial charge on any atom is -0.213 e. The number of carbonyl (C=O) groups excluding carboxylic acids is 1. The van der Waals surface area contributed by atoms with Gasteiger partial charge in [0.05, 0.1) is 5.11 Å². The molecule has 1 aliphatic heterocycles. The Morgan fingerprint density at radius 2 is 1.88 bits per heavy atom. The Balaban J connectivity index is 2.12. The number of amides is 1. The standard InChI is InChI=1S/C11H7N4O/c16-11-14-13-10-6-9(12-7-15(10)11)8-4-2-1-3-5-8/h1-7H/q+1. The van der Waals surface area contributed by atoms with Crippen LogP contribution in [0.2, 0.25) is 0 Å². The van der Waals surface area contributed by atoms with Crippen molar-refractivity contribution in [2.24, 2.45) is 10.2 Å². The molecule has 16 heavy (non-hydrogen) atoms. The fourth-order valence-corrected chi connectivity index (χ4v) is 1.54. The maximum Gasteiger partial charge on any atom is 0.482 e. The highest BCUT2D eigenvalue weighted by Gasteiger charge is 2.25. The van der Waals surface area contributed by atoms with Crippen LogP contribution in [0.3, 0.4) is 0 Å². The van der Waals surface area contributed by atoms with Crippen molar-refractivity contribution in [2.75, 3.05) is 0 Å². The number of azo groups is 1. The third kappa shape index (κ3) is 1.30. The average Bonchev–Trinajstić information content (AvgIpc) is 2.72. The van der Waals surface area contributed by atoms with Crippen LogP contribution in [-0.2, 0) is 0 Å². The van der Waals surface area contributed by atoms with E-state index in [9.17, 15) is 4.79 Å². The number of hydrogen-bond donors (Lipinski definition) is 0. The number of aromatic nitrogens is 2. The van der Waals surface area contributed by atoms with Gasteiger partial charge in [-0.15, -0.1) is 4.98 Å². The largest absolute Gasteiger partial charge is 0.482 e. The molecule has 0 spiro atoms.